The highest BCUT2D eigenvalue weighted by Crippen LogP contribution is 2.21. The zero-order valence-electron chi connectivity index (χ0n) is 35.4. The second-order valence-corrected chi connectivity index (χ2v) is 16.3. The van der Waals surface area contributed by atoms with Gasteiger partial charge < -0.3 is 41.2 Å². The summed E-state index contributed by atoms with van der Waals surface area (Å²) in [6.45, 7) is 1.97. The Morgan fingerprint density at radius 3 is 1.58 bits per heavy atom. The Balaban J connectivity index is 1.42. The molecule has 3 heterocycles. The highest BCUT2D eigenvalue weighted by atomic mass is 32.1. The van der Waals surface area contributed by atoms with Gasteiger partial charge in [-0.2, -0.15) is 0 Å². The Hall–Kier alpha value is -7.66. The van der Waals surface area contributed by atoms with E-state index in [1.165, 1.54) is 35.6 Å². The number of aliphatic carboxylic acids is 1. The number of esters is 2. The van der Waals surface area contributed by atoms with Gasteiger partial charge in [0, 0.05) is 50.1 Å². The standard InChI is InChI=1S/C48H47N5O11S/c1-28(54)63-41-42(64-29(2)55)47(60)52-39(27-36-14-9-23-65-36)45(58)51-38(25-31-15-19-34(20-16-31)33-12-7-4-8-13-33)43(56)50-37(24-30-10-5-3-6-11-30)44(57)53-40(48(61)62)26-32-17-21-35(22-18-32)49-46(41)59/h3-23,37-42H,24-27H2,1-2H3,(H,49,59)(H,50,56)(H,51,58)(H,52,60)(H,53,57)(H,61,62). The van der Waals surface area contributed by atoms with Gasteiger partial charge in [0.1, 0.15) is 24.2 Å². The first-order valence-electron chi connectivity index (χ1n) is 20.6. The zero-order chi connectivity index (χ0) is 46.5. The fourth-order valence-corrected chi connectivity index (χ4v) is 7.87. The highest BCUT2D eigenvalue weighted by molar-refractivity contribution is 7.09. The Kier molecular flexibility index (Phi) is 15.9. The van der Waals surface area contributed by atoms with Crippen LogP contribution in [-0.2, 0) is 73.5 Å². The van der Waals surface area contributed by atoms with Crippen LogP contribution in [0.15, 0.2) is 127 Å². The lowest BCUT2D eigenvalue weighted by molar-refractivity contribution is -0.173. The van der Waals surface area contributed by atoms with E-state index in [9.17, 15) is 43.5 Å². The largest absolute Gasteiger partial charge is 0.480 e. The lowest BCUT2D eigenvalue weighted by Crippen LogP contribution is -2.60. The topological polar surface area (TPSA) is 235 Å². The third-order valence-corrected chi connectivity index (χ3v) is 11.2. The summed E-state index contributed by atoms with van der Waals surface area (Å²) in [6.07, 6.45) is -4.66. The molecule has 2 bridgehead atoms. The van der Waals surface area contributed by atoms with Crippen molar-refractivity contribution in [1.29, 1.82) is 0 Å². The van der Waals surface area contributed by atoms with Crippen LogP contribution < -0.4 is 26.6 Å². The van der Waals surface area contributed by atoms with Crippen LogP contribution in [0.1, 0.15) is 35.4 Å². The average Bonchev–Trinajstić information content (AvgIpc) is 3.81. The molecule has 6 N–H and O–H groups in total. The first kappa shape index (κ1) is 46.8. The molecule has 17 heteroatoms. The lowest BCUT2D eigenvalue weighted by Gasteiger charge is -2.28. The molecule has 0 fully saturated rings. The summed E-state index contributed by atoms with van der Waals surface area (Å²) in [5.41, 5.74) is 3.65. The molecular formula is C48H47N5O11S. The number of amides is 5. The number of carboxylic acids is 1. The minimum absolute atomic E-state index is 0.0519. The van der Waals surface area contributed by atoms with Crippen LogP contribution in [0.4, 0.5) is 5.69 Å². The van der Waals surface area contributed by atoms with Crippen molar-refractivity contribution >= 4 is 64.5 Å². The molecule has 1 aromatic heterocycles. The van der Waals surface area contributed by atoms with Crippen molar-refractivity contribution in [2.75, 3.05) is 5.32 Å². The zero-order valence-corrected chi connectivity index (χ0v) is 36.2. The van der Waals surface area contributed by atoms with Crippen LogP contribution in [0, 0.1) is 0 Å². The predicted octanol–water partition coefficient (Wildman–Crippen LogP) is 3.53. The van der Waals surface area contributed by atoms with Crippen molar-refractivity contribution in [3.63, 3.8) is 0 Å². The number of ether oxygens (including phenoxy) is 2. The van der Waals surface area contributed by atoms with Crippen LogP contribution in [0.3, 0.4) is 0 Å². The monoisotopic (exact) mass is 901 g/mol. The number of hydrogen-bond donors (Lipinski definition) is 6. The molecule has 6 atom stereocenters. The number of carbonyl (C=O) groups is 8. The van der Waals surface area contributed by atoms with Gasteiger partial charge in [0.25, 0.3) is 11.8 Å². The van der Waals surface area contributed by atoms with Gasteiger partial charge >= 0.3 is 17.9 Å². The molecule has 2 aliphatic rings. The molecule has 16 nitrogen and oxygen atoms in total. The van der Waals surface area contributed by atoms with Crippen LogP contribution in [0.2, 0.25) is 0 Å². The van der Waals surface area contributed by atoms with Gasteiger partial charge in [0.2, 0.25) is 29.9 Å². The number of thiophene rings is 1. The van der Waals surface area contributed by atoms with Gasteiger partial charge in [0.05, 0.1) is 0 Å². The van der Waals surface area contributed by atoms with E-state index in [1.54, 1.807) is 60.0 Å². The SMILES string of the molecule is CC(=O)OC1C(=O)Nc2ccc(cc2)CC(C(=O)O)NC(=O)C(Cc2ccccc2)NC(=O)C(Cc2ccc(-c3ccccc3)cc2)NC(=O)C(Cc2cccs2)NC(=O)C1OC(C)=O. The smallest absolute Gasteiger partial charge is 0.326 e. The van der Waals surface area contributed by atoms with Gasteiger partial charge in [-0.3, -0.25) is 33.6 Å². The van der Waals surface area contributed by atoms with E-state index in [4.69, 9.17) is 9.47 Å². The molecule has 0 aliphatic carbocycles. The fourth-order valence-electron chi connectivity index (χ4n) is 7.11. The first-order chi connectivity index (χ1) is 31.2. The van der Waals surface area contributed by atoms with Crippen molar-refractivity contribution < 1.29 is 52.9 Å². The van der Waals surface area contributed by atoms with Gasteiger partial charge in [-0.25, -0.2) is 4.79 Å². The molecule has 6 unspecified atom stereocenters. The Morgan fingerprint density at radius 1 is 0.554 bits per heavy atom. The maximum Gasteiger partial charge on any atom is 0.326 e. The number of carbonyl (C=O) groups excluding carboxylic acids is 7. The molecular weight excluding hydrogens is 855 g/mol. The van der Waals surface area contributed by atoms with Gasteiger partial charge in [0.15, 0.2) is 0 Å². The average molecular weight is 902 g/mol. The van der Waals surface area contributed by atoms with Gasteiger partial charge in [-0.15, -0.1) is 11.3 Å². The van der Waals surface area contributed by atoms with Crippen molar-refractivity contribution in [2.24, 2.45) is 0 Å². The summed E-state index contributed by atoms with van der Waals surface area (Å²) in [5.74, 6) is -8.10. The fraction of sp³-hybridized carbons (Fsp3) is 0.250. The summed E-state index contributed by atoms with van der Waals surface area (Å²) in [7, 11) is 0. The van der Waals surface area contributed by atoms with Crippen molar-refractivity contribution in [3.8, 4) is 11.1 Å². The number of carboxylic acid groups (broad SMARTS) is 1. The number of fused-ring (bicyclic) bond motifs is 18. The molecule has 0 saturated heterocycles. The summed E-state index contributed by atoms with van der Waals surface area (Å²) in [6, 6.07) is 29.2. The molecule has 0 saturated carbocycles. The molecule has 7 rings (SSSR count). The molecule has 65 heavy (non-hydrogen) atoms. The maximum atomic E-state index is 14.6. The van der Waals surface area contributed by atoms with E-state index in [0.717, 1.165) is 25.0 Å². The molecule has 4 aromatic carbocycles. The third kappa shape index (κ3) is 13.4. The van der Waals surface area contributed by atoms with Crippen LogP contribution in [-0.4, -0.2) is 88.9 Å². The number of rotatable bonds is 10. The third-order valence-electron chi connectivity index (χ3n) is 10.3. The first-order valence-corrected chi connectivity index (χ1v) is 21.5. The van der Waals surface area contributed by atoms with Gasteiger partial charge in [-0.1, -0.05) is 103 Å². The van der Waals surface area contributed by atoms with Crippen LogP contribution in [0.25, 0.3) is 11.1 Å². The minimum atomic E-state index is -2.10. The molecule has 0 radical (unpaired) electrons. The van der Waals surface area contributed by atoms with E-state index < -0.39 is 83.8 Å². The minimum Gasteiger partial charge on any atom is -0.480 e. The van der Waals surface area contributed by atoms with Crippen molar-refractivity contribution in [2.45, 2.75) is 75.9 Å². The molecule has 0 spiro atoms. The van der Waals surface area contributed by atoms with Gasteiger partial charge in [-0.05, 0) is 51.4 Å². The van der Waals surface area contributed by atoms with Crippen LogP contribution >= 0.6 is 11.3 Å². The Labute approximate surface area is 378 Å². The number of benzene rings is 4. The molecule has 2 aliphatic heterocycles. The summed E-state index contributed by atoms with van der Waals surface area (Å²) in [5, 5.41) is 25.1. The molecule has 5 amide bonds. The summed E-state index contributed by atoms with van der Waals surface area (Å²) < 4.78 is 10.6. The Bertz CT molecular complexity index is 2480. The quantitative estimate of drug-likeness (QED) is 0.0877. The summed E-state index contributed by atoms with van der Waals surface area (Å²) in [4.78, 5) is 109. The number of hydrogen-bond acceptors (Lipinski definition) is 11. The maximum absolute atomic E-state index is 14.6. The normalized spacial score (nSPS) is 21.0. The molecule has 336 valence electrons. The van der Waals surface area contributed by atoms with E-state index in [0.29, 0.717) is 21.6 Å². The van der Waals surface area contributed by atoms with Crippen molar-refractivity contribution in [1.82, 2.24) is 21.3 Å². The second-order valence-electron chi connectivity index (χ2n) is 15.3. The molecule has 5 aromatic rings. The van der Waals surface area contributed by atoms with E-state index in [1.807, 2.05) is 42.5 Å². The Morgan fingerprint density at radius 2 is 1.05 bits per heavy atom. The van der Waals surface area contributed by atoms with E-state index in [-0.39, 0.29) is 31.4 Å². The van der Waals surface area contributed by atoms with Crippen molar-refractivity contribution in [3.05, 3.63) is 148 Å². The van der Waals surface area contributed by atoms with E-state index in [2.05, 4.69) is 26.6 Å². The van der Waals surface area contributed by atoms with Crippen LogP contribution in [0.5, 0.6) is 0 Å². The lowest BCUT2D eigenvalue weighted by atomic mass is 9.99. The highest BCUT2D eigenvalue weighted by Gasteiger charge is 2.41. The number of anilines is 1. The number of nitrogens with one attached hydrogen (secondary N) is 5. The predicted molar refractivity (Wildman–Crippen MR) is 239 cm³/mol. The summed E-state index contributed by atoms with van der Waals surface area (Å²) >= 11 is 1.27. The van der Waals surface area contributed by atoms with E-state index >= 15 is 0 Å². The second kappa shape index (κ2) is 22.1.